The number of rotatable bonds is 7. The van der Waals surface area contributed by atoms with Crippen LogP contribution in [-0.4, -0.2) is 31.1 Å². The number of nitrogens with one attached hydrogen (secondary N) is 1. The molecule has 0 aliphatic carbocycles. The zero-order valence-corrected chi connectivity index (χ0v) is 19.0. The molecule has 4 aromatic rings. The lowest BCUT2D eigenvalue weighted by molar-refractivity contribution is 0.0997. The van der Waals surface area contributed by atoms with Gasteiger partial charge in [0, 0.05) is 16.6 Å². The third-order valence-corrected chi connectivity index (χ3v) is 5.31. The number of nitrogens with two attached hydrogens (primary N) is 1. The molecule has 176 valence electrons. The molecule has 0 atom stereocenters. The highest BCUT2D eigenvalue weighted by molar-refractivity contribution is 6.11. The van der Waals surface area contributed by atoms with Gasteiger partial charge < -0.3 is 25.6 Å². The molecule has 0 aliphatic heterocycles. The Kier molecular flexibility index (Phi) is 6.59. The molecule has 0 unspecified atom stereocenters. The average Bonchev–Trinajstić information content (AvgIpc) is 2.88. The number of fused-ring (bicyclic) bond motifs is 1. The van der Waals surface area contributed by atoms with Crippen molar-refractivity contribution in [3.63, 3.8) is 0 Å². The van der Waals surface area contributed by atoms with Gasteiger partial charge in [-0.3, -0.25) is 9.59 Å². The standard InChI is InChI=1S/C26H22N4O5/c1-34-18-10-8-17(9-11-18)28-26(33)20-13-15-5-3-4-6-19(15)23(24(20)31)30-29-21-14-16(25(27)32)7-12-22(21)35-2/h3-14,31H,1-2H3,(H2,27,32)(H,28,33)/b30-29+. The van der Waals surface area contributed by atoms with Gasteiger partial charge in [-0.25, -0.2) is 0 Å². The lowest BCUT2D eigenvalue weighted by Gasteiger charge is -2.12. The number of ether oxygens (including phenoxy) is 2. The number of azo groups is 1. The van der Waals surface area contributed by atoms with Gasteiger partial charge in [0.25, 0.3) is 5.91 Å². The number of benzene rings is 4. The second kappa shape index (κ2) is 9.92. The van der Waals surface area contributed by atoms with E-state index < -0.39 is 11.8 Å². The van der Waals surface area contributed by atoms with E-state index in [1.54, 1.807) is 61.7 Å². The molecule has 0 fully saturated rings. The lowest BCUT2D eigenvalue weighted by atomic mass is 10.0. The Morgan fingerprint density at radius 3 is 2.34 bits per heavy atom. The zero-order valence-electron chi connectivity index (χ0n) is 19.0. The normalized spacial score (nSPS) is 10.9. The Morgan fingerprint density at radius 2 is 1.66 bits per heavy atom. The van der Waals surface area contributed by atoms with Crippen LogP contribution in [0.2, 0.25) is 0 Å². The fourth-order valence-corrected chi connectivity index (χ4v) is 3.49. The first-order valence-electron chi connectivity index (χ1n) is 10.5. The van der Waals surface area contributed by atoms with Crippen LogP contribution in [0, 0.1) is 0 Å². The van der Waals surface area contributed by atoms with Gasteiger partial charge in [-0.1, -0.05) is 24.3 Å². The molecule has 0 heterocycles. The van der Waals surface area contributed by atoms with Crippen molar-refractivity contribution in [3.05, 3.63) is 83.9 Å². The number of amides is 2. The van der Waals surface area contributed by atoms with Gasteiger partial charge in [0.1, 0.15) is 22.9 Å². The minimum absolute atomic E-state index is 0.0197. The van der Waals surface area contributed by atoms with Gasteiger partial charge in [-0.2, -0.15) is 0 Å². The van der Waals surface area contributed by atoms with Crippen molar-refractivity contribution >= 4 is 39.6 Å². The Balaban J connectivity index is 1.77. The first-order valence-corrected chi connectivity index (χ1v) is 10.5. The summed E-state index contributed by atoms with van der Waals surface area (Å²) in [6.45, 7) is 0. The molecule has 0 aromatic heterocycles. The molecule has 0 spiro atoms. The van der Waals surface area contributed by atoms with E-state index in [0.29, 0.717) is 28.0 Å². The summed E-state index contributed by atoms with van der Waals surface area (Å²) < 4.78 is 10.4. The van der Waals surface area contributed by atoms with E-state index in [0.717, 1.165) is 0 Å². The summed E-state index contributed by atoms with van der Waals surface area (Å²) in [5.74, 6) is -0.493. The molecule has 0 saturated heterocycles. The van der Waals surface area contributed by atoms with Crippen molar-refractivity contribution < 1.29 is 24.2 Å². The second-order valence-corrected chi connectivity index (χ2v) is 7.48. The molecule has 4 aromatic carbocycles. The molecule has 0 radical (unpaired) electrons. The SMILES string of the molecule is COc1ccc(NC(=O)c2cc3ccccc3c(/N=N/c3cc(C(N)=O)ccc3OC)c2O)cc1. The topological polar surface area (TPSA) is 136 Å². The van der Waals surface area contributed by atoms with Crippen LogP contribution in [0.15, 0.2) is 83.0 Å². The van der Waals surface area contributed by atoms with Crippen molar-refractivity contribution in [1.29, 1.82) is 0 Å². The van der Waals surface area contributed by atoms with Crippen LogP contribution in [0.1, 0.15) is 20.7 Å². The summed E-state index contributed by atoms with van der Waals surface area (Å²) in [6, 6.07) is 20.0. The summed E-state index contributed by atoms with van der Waals surface area (Å²) >= 11 is 0. The number of primary amides is 1. The highest BCUT2D eigenvalue weighted by Gasteiger charge is 2.19. The summed E-state index contributed by atoms with van der Waals surface area (Å²) in [4.78, 5) is 24.6. The lowest BCUT2D eigenvalue weighted by Crippen LogP contribution is -2.12. The highest BCUT2D eigenvalue weighted by atomic mass is 16.5. The van der Waals surface area contributed by atoms with Crippen molar-refractivity contribution in [3.8, 4) is 17.2 Å². The Bertz CT molecular complexity index is 1450. The minimum atomic E-state index is -0.630. The summed E-state index contributed by atoms with van der Waals surface area (Å²) in [7, 11) is 3.01. The number of nitrogens with zero attached hydrogens (tertiary/aromatic N) is 2. The third kappa shape index (κ3) is 4.88. The number of phenols is 1. The molecule has 9 nitrogen and oxygen atoms in total. The quantitative estimate of drug-likeness (QED) is 0.314. The van der Waals surface area contributed by atoms with Crippen LogP contribution < -0.4 is 20.5 Å². The van der Waals surface area contributed by atoms with E-state index in [1.807, 2.05) is 6.07 Å². The van der Waals surface area contributed by atoms with Gasteiger partial charge in [0.05, 0.1) is 19.8 Å². The second-order valence-electron chi connectivity index (χ2n) is 7.48. The molecule has 0 bridgehead atoms. The van der Waals surface area contributed by atoms with Crippen molar-refractivity contribution in [2.24, 2.45) is 16.0 Å². The Labute approximate surface area is 200 Å². The number of hydrogen-bond acceptors (Lipinski definition) is 7. The summed E-state index contributed by atoms with van der Waals surface area (Å²) in [5.41, 5.74) is 6.47. The van der Waals surface area contributed by atoms with E-state index in [-0.39, 0.29) is 28.3 Å². The van der Waals surface area contributed by atoms with E-state index in [1.165, 1.54) is 19.2 Å². The molecule has 0 aliphatic rings. The van der Waals surface area contributed by atoms with Crippen LogP contribution in [0.4, 0.5) is 17.1 Å². The average molecular weight is 470 g/mol. The Morgan fingerprint density at radius 1 is 0.914 bits per heavy atom. The predicted octanol–water partition coefficient (Wildman–Crippen LogP) is 5.33. The van der Waals surface area contributed by atoms with Gasteiger partial charge in [0.15, 0.2) is 5.75 Å². The molecule has 9 heteroatoms. The Hall–Kier alpha value is -4.92. The molecule has 4 N–H and O–H groups in total. The van der Waals surface area contributed by atoms with Gasteiger partial charge in [0.2, 0.25) is 5.91 Å². The van der Waals surface area contributed by atoms with Crippen molar-refractivity contribution in [2.45, 2.75) is 0 Å². The fourth-order valence-electron chi connectivity index (χ4n) is 3.49. The number of carbonyl (C=O) groups is 2. The molecular formula is C26H22N4O5. The van der Waals surface area contributed by atoms with Crippen LogP contribution in [0.25, 0.3) is 10.8 Å². The monoisotopic (exact) mass is 470 g/mol. The molecule has 2 amide bonds. The molecule has 4 rings (SSSR count). The van der Waals surface area contributed by atoms with Gasteiger partial charge >= 0.3 is 0 Å². The molecule has 0 saturated carbocycles. The first-order chi connectivity index (χ1) is 16.9. The highest BCUT2D eigenvalue weighted by Crippen LogP contribution is 2.40. The fraction of sp³-hybridized carbons (Fsp3) is 0.0769. The molecule has 35 heavy (non-hydrogen) atoms. The van der Waals surface area contributed by atoms with Gasteiger partial charge in [-0.15, -0.1) is 10.2 Å². The van der Waals surface area contributed by atoms with E-state index in [4.69, 9.17) is 15.2 Å². The number of phenolic OH excluding ortho intramolecular Hbond substituents is 1. The summed E-state index contributed by atoms with van der Waals surface area (Å²) in [5, 5.41) is 23.5. The van der Waals surface area contributed by atoms with Crippen molar-refractivity contribution in [2.75, 3.05) is 19.5 Å². The van der Waals surface area contributed by atoms with Crippen LogP contribution in [0.5, 0.6) is 17.2 Å². The van der Waals surface area contributed by atoms with E-state index in [2.05, 4.69) is 15.5 Å². The van der Waals surface area contributed by atoms with Crippen molar-refractivity contribution in [1.82, 2.24) is 0 Å². The first kappa shape index (κ1) is 23.2. The van der Waals surface area contributed by atoms with Crippen LogP contribution in [-0.2, 0) is 0 Å². The largest absolute Gasteiger partial charge is 0.505 e. The van der Waals surface area contributed by atoms with Crippen LogP contribution >= 0.6 is 0 Å². The summed E-state index contributed by atoms with van der Waals surface area (Å²) in [6.07, 6.45) is 0. The number of methoxy groups -OCH3 is 2. The number of aromatic hydroxyl groups is 1. The van der Waals surface area contributed by atoms with E-state index in [9.17, 15) is 14.7 Å². The maximum atomic E-state index is 13.0. The zero-order chi connectivity index (χ0) is 24.9. The maximum Gasteiger partial charge on any atom is 0.259 e. The smallest absolute Gasteiger partial charge is 0.259 e. The predicted molar refractivity (Wildman–Crippen MR) is 132 cm³/mol. The van der Waals surface area contributed by atoms with Crippen LogP contribution in [0.3, 0.4) is 0 Å². The van der Waals surface area contributed by atoms with Gasteiger partial charge in [-0.05, 0) is 53.9 Å². The third-order valence-electron chi connectivity index (χ3n) is 5.31. The number of anilines is 1. The number of hydrogen-bond donors (Lipinski definition) is 3. The minimum Gasteiger partial charge on any atom is -0.505 e. The maximum absolute atomic E-state index is 13.0. The van der Waals surface area contributed by atoms with E-state index >= 15 is 0 Å². The molecular weight excluding hydrogens is 448 g/mol. The number of carbonyl (C=O) groups excluding carboxylic acids is 2.